The minimum atomic E-state index is -3.52. The van der Waals surface area contributed by atoms with Crippen molar-refractivity contribution in [2.45, 2.75) is 17.9 Å². The van der Waals surface area contributed by atoms with E-state index in [2.05, 4.69) is 0 Å². The fourth-order valence-corrected chi connectivity index (χ4v) is 3.55. The summed E-state index contributed by atoms with van der Waals surface area (Å²) in [4.78, 5) is 0.327. The van der Waals surface area contributed by atoms with Crippen LogP contribution in [0.4, 0.5) is 0 Å². The van der Waals surface area contributed by atoms with Gasteiger partial charge >= 0.3 is 0 Å². The number of fused-ring (bicyclic) bond motifs is 1. The van der Waals surface area contributed by atoms with Gasteiger partial charge in [-0.25, -0.2) is 8.42 Å². The second-order valence-electron chi connectivity index (χ2n) is 4.58. The van der Waals surface area contributed by atoms with Crippen LogP contribution >= 0.6 is 0 Å². The number of benzene rings is 2. The lowest BCUT2D eigenvalue weighted by Crippen LogP contribution is -2.39. The molecule has 0 spiro atoms. The topological polar surface area (TPSA) is 63.4 Å². The Kier molecular flexibility index (Phi) is 3.89. The fraction of sp³-hybridized carbons (Fsp3) is 0.286. The van der Waals surface area contributed by atoms with Gasteiger partial charge in [0, 0.05) is 25.0 Å². The monoisotopic (exact) mass is 278 g/mol. The molecule has 2 rings (SSSR count). The highest BCUT2D eigenvalue weighted by Crippen LogP contribution is 2.25. The fourth-order valence-electron chi connectivity index (χ4n) is 1.96. The number of hydrogen-bond donors (Lipinski definition) is 1. The average Bonchev–Trinajstić information content (AvgIpc) is 2.44. The number of sulfonamides is 1. The van der Waals surface area contributed by atoms with E-state index < -0.39 is 10.0 Å². The van der Waals surface area contributed by atoms with Crippen LogP contribution in [0.3, 0.4) is 0 Å². The summed E-state index contributed by atoms with van der Waals surface area (Å²) in [6, 6.07) is 12.5. The first-order chi connectivity index (χ1) is 8.98. The summed E-state index contributed by atoms with van der Waals surface area (Å²) in [5.74, 6) is 0. The molecule has 2 N–H and O–H groups in total. The summed E-state index contributed by atoms with van der Waals surface area (Å²) in [7, 11) is -1.96. The van der Waals surface area contributed by atoms with E-state index in [1.807, 2.05) is 30.3 Å². The average molecular weight is 278 g/mol. The second kappa shape index (κ2) is 5.28. The van der Waals surface area contributed by atoms with Crippen LogP contribution in [0.5, 0.6) is 0 Å². The second-order valence-corrected chi connectivity index (χ2v) is 6.55. The molecule has 0 fully saturated rings. The quantitative estimate of drug-likeness (QED) is 0.927. The third-order valence-corrected chi connectivity index (χ3v) is 5.40. The van der Waals surface area contributed by atoms with E-state index in [0.717, 1.165) is 10.8 Å². The van der Waals surface area contributed by atoms with Crippen molar-refractivity contribution in [3.05, 3.63) is 42.5 Å². The highest BCUT2D eigenvalue weighted by molar-refractivity contribution is 7.89. The van der Waals surface area contributed by atoms with Gasteiger partial charge in [-0.15, -0.1) is 0 Å². The molecule has 0 heterocycles. The predicted molar refractivity (Wildman–Crippen MR) is 77.4 cm³/mol. The number of nitrogens with zero attached hydrogens (tertiary/aromatic N) is 1. The van der Waals surface area contributed by atoms with Crippen molar-refractivity contribution in [2.75, 3.05) is 13.6 Å². The van der Waals surface area contributed by atoms with Gasteiger partial charge < -0.3 is 5.73 Å². The zero-order chi connectivity index (χ0) is 14.0. The lowest BCUT2D eigenvalue weighted by Gasteiger charge is -2.23. The third-order valence-electron chi connectivity index (χ3n) is 3.37. The lowest BCUT2D eigenvalue weighted by atomic mass is 10.1. The van der Waals surface area contributed by atoms with Crippen molar-refractivity contribution in [3.8, 4) is 0 Å². The largest absolute Gasteiger partial charge is 0.329 e. The molecule has 19 heavy (non-hydrogen) atoms. The van der Waals surface area contributed by atoms with Crippen molar-refractivity contribution in [1.29, 1.82) is 0 Å². The van der Waals surface area contributed by atoms with Gasteiger partial charge in [0.2, 0.25) is 10.0 Å². The van der Waals surface area contributed by atoms with E-state index in [4.69, 9.17) is 5.73 Å². The molecule has 0 radical (unpaired) electrons. The molecule has 2 aromatic carbocycles. The van der Waals surface area contributed by atoms with Crippen molar-refractivity contribution in [3.63, 3.8) is 0 Å². The molecule has 0 aromatic heterocycles. The Balaban J connectivity index is 2.61. The van der Waals surface area contributed by atoms with E-state index in [0.29, 0.717) is 11.4 Å². The van der Waals surface area contributed by atoms with Gasteiger partial charge in [-0.05, 0) is 18.4 Å². The Morgan fingerprint density at radius 2 is 1.79 bits per heavy atom. The Morgan fingerprint density at radius 1 is 1.16 bits per heavy atom. The summed E-state index contributed by atoms with van der Waals surface area (Å²) in [6.07, 6.45) is 0. The van der Waals surface area contributed by atoms with E-state index in [1.54, 1.807) is 26.1 Å². The summed E-state index contributed by atoms with van der Waals surface area (Å²) >= 11 is 0. The van der Waals surface area contributed by atoms with Crippen LogP contribution in [0.25, 0.3) is 10.8 Å². The third kappa shape index (κ3) is 2.49. The first kappa shape index (κ1) is 14.0. The van der Waals surface area contributed by atoms with Crippen LogP contribution in [-0.4, -0.2) is 32.4 Å². The smallest absolute Gasteiger partial charge is 0.243 e. The highest BCUT2D eigenvalue weighted by Gasteiger charge is 2.26. The molecule has 102 valence electrons. The zero-order valence-electron chi connectivity index (χ0n) is 11.1. The summed E-state index contributed by atoms with van der Waals surface area (Å²) in [6.45, 7) is 2.09. The Bertz CT molecular complexity index is 677. The molecule has 0 saturated heterocycles. The molecule has 2 aromatic rings. The Morgan fingerprint density at radius 3 is 2.47 bits per heavy atom. The predicted octanol–water partition coefficient (Wildman–Crippen LogP) is 1.81. The molecule has 5 heteroatoms. The minimum absolute atomic E-state index is 0.232. The first-order valence-corrected chi connectivity index (χ1v) is 7.58. The van der Waals surface area contributed by atoms with E-state index in [-0.39, 0.29) is 6.04 Å². The number of hydrogen-bond acceptors (Lipinski definition) is 3. The molecule has 4 nitrogen and oxygen atoms in total. The first-order valence-electron chi connectivity index (χ1n) is 6.14. The minimum Gasteiger partial charge on any atom is -0.329 e. The van der Waals surface area contributed by atoms with E-state index >= 15 is 0 Å². The van der Waals surface area contributed by atoms with Gasteiger partial charge in [0.05, 0.1) is 4.90 Å². The van der Waals surface area contributed by atoms with Crippen LogP contribution in [0.15, 0.2) is 47.4 Å². The Hall–Kier alpha value is -1.43. The summed E-state index contributed by atoms with van der Waals surface area (Å²) in [5, 5.41) is 1.65. The van der Waals surface area contributed by atoms with Gasteiger partial charge in [0.15, 0.2) is 0 Å². The normalized spacial score (nSPS) is 13.9. The van der Waals surface area contributed by atoms with Gasteiger partial charge in [0.1, 0.15) is 0 Å². The Labute approximate surface area is 113 Å². The molecular formula is C14H18N2O2S. The maximum absolute atomic E-state index is 12.6. The van der Waals surface area contributed by atoms with E-state index in [9.17, 15) is 8.42 Å². The van der Waals surface area contributed by atoms with Crippen LogP contribution in [-0.2, 0) is 10.0 Å². The summed E-state index contributed by atoms with van der Waals surface area (Å²) in [5.41, 5.74) is 5.55. The molecule has 0 saturated carbocycles. The van der Waals surface area contributed by atoms with Crippen molar-refractivity contribution < 1.29 is 8.42 Å². The van der Waals surface area contributed by atoms with Gasteiger partial charge in [-0.2, -0.15) is 4.31 Å². The zero-order valence-corrected chi connectivity index (χ0v) is 11.9. The molecule has 0 aliphatic rings. The molecule has 0 aliphatic carbocycles. The van der Waals surface area contributed by atoms with Crippen LogP contribution in [0.1, 0.15) is 6.92 Å². The van der Waals surface area contributed by atoms with Crippen molar-refractivity contribution in [1.82, 2.24) is 4.31 Å². The maximum Gasteiger partial charge on any atom is 0.243 e. The molecule has 1 unspecified atom stereocenters. The van der Waals surface area contributed by atoms with Gasteiger partial charge in [-0.1, -0.05) is 36.4 Å². The van der Waals surface area contributed by atoms with Crippen molar-refractivity contribution in [2.24, 2.45) is 5.73 Å². The highest BCUT2D eigenvalue weighted by atomic mass is 32.2. The number of nitrogens with two attached hydrogens (primary N) is 1. The number of rotatable bonds is 4. The maximum atomic E-state index is 12.6. The van der Waals surface area contributed by atoms with Crippen LogP contribution < -0.4 is 5.73 Å². The van der Waals surface area contributed by atoms with Crippen molar-refractivity contribution >= 4 is 20.8 Å². The SMILES string of the molecule is CC(CN)N(C)S(=O)(=O)c1cccc2ccccc12. The molecule has 1 atom stereocenters. The van der Waals surface area contributed by atoms with Gasteiger partial charge in [0.25, 0.3) is 0 Å². The molecule has 0 bridgehead atoms. The van der Waals surface area contributed by atoms with Crippen LogP contribution in [0.2, 0.25) is 0 Å². The summed E-state index contributed by atoms with van der Waals surface area (Å²) < 4.78 is 26.6. The van der Waals surface area contributed by atoms with E-state index in [1.165, 1.54) is 4.31 Å². The lowest BCUT2D eigenvalue weighted by molar-refractivity contribution is 0.395. The molecule has 0 amide bonds. The number of likely N-dealkylation sites (N-methyl/N-ethyl adjacent to an activating group) is 1. The van der Waals surface area contributed by atoms with Gasteiger partial charge in [-0.3, -0.25) is 0 Å². The standard InChI is InChI=1S/C14H18N2O2S/c1-11(10-15)16(2)19(17,18)14-9-5-7-12-6-3-4-8-13(12)14/h3-9,11H,10,15H2,1-2H3. The van der Waals surface area contributed by atoms with Crippen LogP contribution in [0, 0.1) is 0 Å². The molecular weight excluding hydrogens is 260 g/mol. The molecule has 0 aliphatic heterocycles.